The van der Waals surface area contributed by atoms with Crippen molar-refractivity contribution in [2.24, 2.45) is 0 Å². The molecule has 22 heavy (non-hydrogen) atoms. The van der Waals surface area contributed by atoms with Gasteiger partial charge in [0.05, 0.1) is 0 Å². The number of hydrogen-bond acceptors (Lipinski definition) is 4. The van der Waals surface area contributed by atoms with E-state index in [0.29, 0.717) is 11.1 Å². The largest absolute Gasteiger partial charge is 0.314 e. The summed E-state index contributed by atoms with van der Waals surface area (Å²) in [6.45, 7) is 16.6. The van der Waals surface area contributed by atoms with E-state index >= 15 is 0 Å². The summed E-state index contributed by atoms with van der Waals surface area (Å²) in [5.41, 5.74) is 1.15. The SMILES string of the molecule is CC(C)N1CCNC2(CC2)C1.CC(C)N1CCNCC12CC2. The van der Waals surface area contributed by atoms with Crippen molar-refractivity contribution in [1.29, 1.82) is 0 Å². The zero-order valence-corrected chi connectivity index (χ0v) is 15.1. The second-order valence-electron chi connectivity index (χ2n) is 8.46. The average molecular weight is 309 g/mol. The first-order chi connectivity index (χ1) is 10.5. The molecule has 4 rings (SSSR count). The van der Waals surface area contributed by atoms with E-state index in [1.807, 2.05) is 0 Å². The summed E-state index contributed by atoms with van der Waals surface area (Å²) in [6, 6.07) is 1.47. The van der Waals surface area contributed by atoms with Crippen LogP contribution in [0, 0.1) is 0 Å². The van der Waals surface area contributed by atoms with Crippen molar-refractivity contribution in [2.45, 2.75) is 76.5 Å². The van der Waals surface area contributed by atoms with Gasteiger partial charge in [0.15, 0.2) is 0 Å². The molecule has 0 atom stereocenters. The molecule has 0 amide bonds. The first-order valence-corrected chi connectivity index (χ1v) is 9.43. The van der Waals surface area contributed by atoms with Gasteiger partial charge in [-0.25, -0.2) is 0 Å². The minimum Gasteiger partial charge on any atom is -0.314 e. The van der Waals surface area contributed by atoms with Crippen LogP contribution >= 0.6 is 0 Å². The van der Waals surface area contributed by atoms with Gasteiger partial charge in [-0.2, -0.15) is 0 Å². The zero-order valence-electron chi connectivity index (χ0n) is 15.1. The maximum absolute atomic E-state index is 3.61. The maximum Gasteiger partial charge on any atom is 0.0338 e. The van der Waals surface area contributed by atoms with E-state index in [2.05, 4.69) is 48.1 Å². The minimum absolute atomic E-state index is 0.558. The third-order valence-corrected chi connectivity index (χ3v) is 6.03. The van der Waals surface area contributed by atoms with Crippen molar-refractivity contribution < 1.29 is 0 Å². The molecule has 4 nitrogen and oxygen atoms in total. The number of piperazine rings is 2. The third kappa shape index (κ3) is 3.66. The molecular formula is C18H36N4. The van der Waals surface area contributed by atoms with Crippen LogP contribution in [0.15, 0.2) is 0 Å². The van der Waals surface area contributed by atoms with Gasteiger partial charge in [0.2, 0.25) is 0 Å². The van der Waals surface area contributed by atoms with Gasteiger partial charge in [0.25, 0.3) is 0 Å². The molecule has 2 heterocycles. The summed E-state index contributed by atoms with van der Waals surface area (Å²) in [7, 11) is 0. The van der Waals surface area contributed by atoms with Crippen LogP contribution < -0.4 is 10.6 Å². The van der Waals surface area contributed by atoms with Crippen molar-refractivity contribution in [1.82, 2.24) is 20.4 Å². The summed E-state index contributed by atoms with van der Waals surface area (Å²) in [5.74, 6) is 0. The Kier molecular flexibility index (Phi) is 4.84. The second kappa shape index (κ2) is 6.39. The topological polar surface area (TPSA) is 30.5 Å². The molecular weight excluding hydrogens is 272 g/mol. The fourth-order valence-electron chi connectivity index (χ4n) is 4.19. The Morgan fingerprint density at radius 1 is 0.864 bits per heavy atom. The van der Waals surface area contributed by atoms with Gasteiger partial charge < -0.3 is 10.6 Å². The van der Waals surface area contributed by atoms with Gasteiger partial charge in [-0.3, -0.25) is 9.80 Å². The zero-order chi connectivity index (χ0) is 15.8. The smallest absolute Gasteiger partial charge is 0.0338 e. The van der Waals surface area contributed by atoms with Gasteiger partial charge in [-0.1, -0.05) is 0 Å². The Bertz CT molecular complexity index is 371. The minimum atomic E-state index is 0.558. The Hall–Kier alpha value is -0.160. The molecule has 0 unspecified atom stereocenters. The lowest BCUT2D eigenvalue weighted by Gasteiger charge is -2.39. The van der Waals surface area contributed by atoms with E-state index in [9.17, 15) is 0 Å². The van der Waals surface area contributed by atoms with Crippen molar-refractivity contribution in [3.8, 4) is 0 Å². The van der Waals surface area contributed by atoms with Gasteiger partial charge in [-0.15, -0.1) is 0 Å². The molecule has 0 aromatic rings. The summed E-state index contributed by atoms with van der Waals surface area (Å²) in [5, 5.41) is 7.09. The van der Waals surface area contributed by atoms with Crippen molar-refractivity contribution in [3.05, 3.63) is 0 Å². The monoisotopic (exact) mass is 308 g/mol. The van der Waals surface area contributed by atoms with Crippen LogP contribution in [-0.2, 0) is 0 Å². The molecule has 2 aliphatic heterocycles. The van der Waals surface area contributed by atoms with Crippen LogP contribution in [0.5, 0.6) is 0 Å². The second-order valence-corrected chi connectivity index (χ2v) is 8.46. The highest BCUT2D eigenvalue weighted by molar-refractivity contribution is 5.08. The van der Waals surface area contributed by atoms with Crippen LogP contribution in [0.2, 0.25) is 0 Å². The van der Waals surface area contributed by atoms with E-state index in [1.165, 1.54) is 65.0 Å². The van der Waals surface area contributed by atoms with Crippen LogP contribution in [0.1, 0.15) is 53.4 Å². The van der Waals surface area contributed by atoms with E-state index in [0.717, 1.165) is 12.1 Å². The van der Waals surface area contributed by atoms with Gasteiger partial charge in [0, 0.05) is 62.4 Å². The lowest BCUT2D eigenvalue weighted by Crippen LogP contribution is -2.55. The van der Waals surface area contributed by atoms with Gasteiger partial charge in [-0.05, 0) is 53.4 Å². The molecule has 2 spiro atoms. The highest BCUT2D eigenvalue weighted by Gasteiger charge is 2.49. The highest BCUT2D eigenvalue weighted by atomic mass is 15.3. The standard InChI is InChI=1S/2C9H18N2/c1-8(2)11-6-5-10-9(7-11)3-4-9;1-8(2)11-6-5-10-7-9(11)3-4-9/h2*8,10H,3-7H2,1-2H3. The lowest BCUT2D eigenvalue weighted by molar-refractivity contribution is 0.106. The Labute approximate surface area is 137 Å². The fourth-order valence-corrected chi connectivity index (χ4v) is 4.19. The molecule has 0 aromatic heterocycles. The van der Waals surface area contributed by atoms with Crippen molar-refractivity contribution in [3.63, 3.8) is 0 Å². The van der Waals surface area contributed by atoms with Gasteiger partial charge >= 0.3 is 0 Å². The summed E-state index contributed by atoms with van der Waals surface area (Å²) in [6.07, 6.45) is 5.63. The molecule has 4 aliphatic rings. The molecule has 0 aromatic carbocycles. The Morgan fingerprint density at radius 3 is 2.09 bits per heavy atom. The Balaban J connectivity index is 0.000000131. The molecule has 4 fully saturated rings. The third-order valence-electron chi connectivity index (χ3n) is 6.03. The molecule has 4 heteroatoms. The molecule has 0 radical (unpaired) electrons. The first kappa shape index (κ1) is 16.7. The molecule has 0 bridgehead atoms. The summed E-state index contributed by atoms with van der Waals surface area (Å²) >= 11 is 0. The normalized spacial score (nSPS) is 29.7. The van der Waals surface area contributed by atoms with Gasteiger partial charge in [0.1, 0.15) is 0 Å². The van der Waals surface area contributed by atoms with Crippen LogP contribution in [-0.4, -0.2) is 72.2 Å². The Morgan fingerprint density at radius 2 is 1.59 bits per heavy atom. The predicted molar refractivity (Wildman–Crippen MR) is 93.4 cm³/mol. The number of rotatable bonds is 2. The van der Waals surface area contributed by atoms with E-state index in [1.54, 1.807) is 0 Å². The average Bonchev–Trinajstić information content (AvgIpc) is 3.41. The molecule has 2 saturated heterocycles. The number of hydrogen-bond donors (Lipinski definition) is 2. The molecule has 2 aliphatic carbocycles. The molecule has 128 valence electrons. The summed E-state index contributed by atoms with van der Waals surface area (Å²) < 4.78 is 0. The van der Waals surface area contributed by atoms with Crippen LogP contribution in [0.3, 0.4) is 0 Å². The van der Waals surface area contributed by atoms with Crippen molar-refractivity contribution in [2.75, 3.05) is 39.3 Å². The number of nitrogens with zero attached hydrogens (tertiary/aromatic N) is 2. The van der Waals surface area contributed by atoms with Crippen molar-refractivity contribution >= 4 is 0 Å². The van der Waals surface area contributed by atoms with E-state index in [-0.39, 0.29) is 0 Å². The number of nitrogens with one attached hydrogen (secondary N) is 2. The molecule has 2 N–H and O–H groups in total. The van der Waals surface area contributed by atoms with E-state index in [4.69, 9.17) is 0 Å². The predicted octanol–water partition coefficient (Wildman–Crippen LogP) is 1.67. The molecule has 2 saturated carbocycles. The highest BCUT2D eigenvalue weighted by Crippen LogP contribution is 2.43. The van der Waals surface area contributed by atoms with Crippen LogP contribution in [0.4, 0.5) is 0 Å². The first-order valence-electron chi connectivity index (χ1n) is 9.43. The van der Waals surface area contributed by atoms with E-state index < -0.39 is 0 Å². The summed E-state index contributed by atoms with van der Waals surface area (Å²) in [4.78, 5) is 5.26. The quantitative estimate of drug-likeness (QED) is 0.812. The van der Waals surface area contributed by atoms with Crippen LogP contribution in [0.25, 0.3) is 0 Å². The maximum atomic E-state index is 3.61. The lowest BCUT2D eigenvalue weighted by atomic mass is 10.1. The fraction of sp³-hybridized carbons (Fsp3) is 1.00.